The van der Waals surface area contributed by atoms with Crippen LogP contribution in [-0.4, -0.2) is 4.98 Å². The van der Waals surface area contributed by atoms with Crippen molar-refractivity contribution in [2.24, 2.45) is 0 Å². The fraction of sp³-hybridized carbons (Fsp3) is 0.0769. The monoisotopic (exact) mass is 356 g/mol. The van der Waals surface area contributed by atoms with E-state index in [4.69, 9.17) is 11.0 Å². The Hall–Kier alpha value is -2.27. The lowest BCUT2D eigenvalue weighted by molar-refractivity contribution is -0.137. The van der Waals surface area contributed by atoms with E-state index in [1.165, 1.54) is 18.5 Å². The number of nitrogens with zero attached hydrogens (tertiary/aromatic N) is 2. The van der Waals surface area contributed by atoms with Gasteiger partial charge >= 0.3 is 6.18 Å². The average Bonchev–Trinajstić information content (AvgIpc) is 2.42. The van der Waals surface area contributed by atoms with Gasteiger partial charge in [0.05, 0.1) is 38.9 Å². The number of nitrogens with one attached hydrogen (secondary N) is 1. The topological polar surface area (TPSA) is 74.7 Å². The van der Waals surface area contributed by atoms with Crippen LogP contribution in [0.4, 0.5) is 30.2 Å². The predicted molar refractivity (Wildman–Crippen MR) is 75.8 cm³/mol. The number of rotatable bonds is 2. The molecule has 0 radical (unpaired) electrons. The molecule has 0 fully saturated rings. The first kappa shape index (κ1) is 15.1. The number of pyridine rings is 1. The smallest absolute Gasteiger partial charge is 0.396 e. The Kier molecular flexibility index (Phi) is 4.04. The molecule has 2 rings (SSSR count). The van der Waals surface area contributed by atoms with Gasteiger partial charge in [0, 0.05) is 6.20 Å². The summed E-state index contributed by atoms with van der Waals surface area (Å²) in [4.78, 5) is 3.85. The van der Waals surface area contributed by atoms with Gasteiger partial charge in [-0.3, -0.25) is 4.98 Å². The van der Waals surface area contributed by atoms with Gasteiger partial charge in [0.25, 0.3) is 0 Å². The van der Waals surface area contributed by atoms with Crippen molar-refractivity contribution in [1.82, 2.24) is 4.98 Å². The van der Waals surface area contributed by atoms with E-state index >= 15 is 0 Å². The lowest BCUT2D eigenvalue weighted by Gasteiger charge is -2.14. The molecule has 1 aromatic heterocycles. The summed E-state index contributed by atoms with van der Waals surface area (Å²) in [5, 5.41) is 11.8. The Morgan fingerprint density at radius 1 is 1.29 bits per heavy atom. The van der Waals surface area contributed by atoms with E-state index < -0.39 is 11.7 Å². The van der Waals surface area contributed by atoms with Gasteiger partial charge in [-0.1, -0.05) is 0 Å². The number of hydrogen-bond acceptors (Lipinski definition) is 4. The molecule has 0 aliphatic carbocycles. The summed E-state index contributed by atoms with van der Waals surface area (Å²) >= 11 is 3.23. The summed E-state index contributed by atoms with van der Waals surface area (Å²) < 4.78 is 38.4. The second kappa shape index (κ2) is 5.61. The molecule has 2 aromatic rings. The maximum absolute atomic E-state index is 12.6. The highest BCUT2D eigenvalue weighted by Crippen LogP contribution is 2.35. The molecule has 3 N–H and O–H groups in total. The highest BCUT2D eigenvalue weighted by molar-refractivity contribution is 9.10. The van der Waals surface area contributed by atoms with Crippen LogP contribution in [0.2, 0.25) is 0 Å². The summed E-state index contributed by atoms with van der Waals surface area (Å²) in [5.41, 5.74) is 5.68. The molecule has 0 saturated carbocycles. The van der Waals surface area contributed by atoms with Gasteiger partial charge in [0.1, 0.15) is 6.07 Å². The number of anilines is 3. The highest BCUT2D eigenvalue weighted by atomic mass is 79.9. The van der Waals surface area contributed by atoms with Crippen LogP contribution < -0.4 is 11.1 Å². The van der Waals surface area contributed by atoms with Gasteiger partial charge in [-0.05, 0) is 34.1 Å². The van der Waals surface area contributed by atoms with E-state index in [-0.39, 0.29) is 11.3 Å². The molecule has 0 aliphatic heterocycles. The number of nitrogen functional groups attached to an aromatic ring is 1. The van der Waals surface area contributed by atoms with Crippen LogP contribution >= 0.6 is 15.9 Å². The van der Waals surface area contributed by atoms with Gasteiger partial charge in [0.2, 0.25) is 0 Å². The molecule has 1 aromatic carbocycles. The maximum atomic E-state index is 12.6. The van der Waals surface area contributed by atoms with Gasteiger partial charge in [-0.15, -0.1) is 0 Å². The van der Waals surface area contributed by atoms with Crippen molar-refractivity contribution in [2.45, 2.75) is 6.18 Å². The second-order valence-corrected chi connectivity index (χ2v) is 4.93. The number of aromatic nitrogens is 1. The Morgan fingerprint density at radius 3 is 2.57 bits per heavy atom. The first-order valence-electron chi connectivity index (χ1n) is 5.60. The third-order valence-corrected chi connectivity index (χ3v) is 3.26. The number of nitriles is 1. The zero-order chi connectivity index (χ0) is 15.6. The molecule has 21 heavy (non-hydrogen) atoms. The normalized spacial score (nSPS) is 11.0. The fourth-order valence-corrected chi connectivity index (χ4v) is 2.08. The van der Waals surface area contributed by atoms with Crippen molar-refractivity contribution < 1.29 is 13.2 Å². The third kappa shape index (κ3) is 3.25. The molecule has 8 heteroatoms. The van der Waals surface area contributed by atoms with E-state index in [1.54, 1.807) is 6.07 Å². The van der Waals surface area contributed by atoms with Crippen LogP contribution in [0.1, 0.15) is 11.1 Å². The lowest BCUT2D eigenvalue weighted by Crippen LogP contribution is -2.06. The molecule has 1 heterocycles. The number of nitrogens with two attached hydrogens (primary N) is 1. The van der Waals surface area contributed by atoms with Gasteiger partial charge in [-0.25, -0.2) is 0 Å². The molecule has 0 bridgehead atoms. The summed E-state index contributed by atoms with van der Waals surface area (Å²) in [5.74, 6) is 0. The average molecular weight is 357 g/mol. The number of halogens is 4. The minimum absolute atomic E-state index is 0.132. The Morgan fingerprint density at radius 2 is 2.00 bits per heavy atom. The molecule has 0 amide bonds. The summed E-state index contributed by atoms with van der Waals surface area (Å²) in [6, 6.07) is 4.60. The van der Waals surface area contributed by atoms with E-state index in [2.05, 4.69) is 26.2 Å². The van der Waals surface area contributed by atoms with Crippen molar-refractivity contribution in [3.05, 3.63) is 46.2 Å². The zero-order valence-corrected chi connectivity index (χ0v) is 12.0. The second-order valence-electron chi connectivity index (χ2n) is 4.08. The molecule has 0 saturated heterocycles. The summed E-state index contributed by atoms with van der Waals surface area (Å²) in [7, 11) is 0. The standard InChI is InChI=1S/C13H8BrF3N4/c14-9-5-20-6-10(19)12(9)21-11-2-1-8(13(15,16)17)3-7(11)4-18/h1-3,5-6H,19H2,(H,20,21). The fourth-order valence-electron chi connectivity index (χ4n) is 1.64. The summed E-state index contributed by atoms with van der Waals surface area (Å²) in [6.07, 6.45) is -1.63. The molecule has 108 valence electrons. The highest BCUT2D eigenvalue weighted by Gasteiger charge is 2.31. The van der Waals surface area contributed by atoms with Crippen molar-refractivity contribution in [3.8, 4) is 6.07 Å². The molecular formula is C13H8BrF3N4. The van der Waals surface area contributed by atoms with Crippen molar-refractivity contribution in [1.29, 1.82) is 5.26 Å². The minimum atomic E-state index is -4.50. The summed E-state index contributed by atoms with van der Waals surface area (Å²) in [6.45, 7) is 0. The maximum Gasteiger partial charge on any atom is 0.416 e. The first-order chi connectivity index (χ1) is 9.82. The van der Waals surface area contributed by atoms with Crippen LogP contribution in [0.25, 0.3) is 0 Å². The molecule has 0 spiro atoms. The largest absolute Gasteiger partial charge is 0.416 e. The number of benzene rings is 1. The SMILES string of the molecule is N#Cc1cc(C(F)(F)F)ccc1Nc1c(N)cncc1Br. The van der Waals surface area contributed by atoms with Crippen molar-refractivity contribution >= 4 is 33.0 Å². The minimum Gasteiger partial charge on any atom is -0.396 e. The zero-order valence-electron chi connectivity index (χ0n) is 10.4. The first-order valence-corrected chi connectivity index (χ1v) is 6.39. The Bertz CT molecular complexity index is 702. The van der Waals surface area contributed by atoms with Crippen LogP contribution in [0, 0.1) is 11.3 Å². The molecule has 4 nitrogen and oxygen atoms in total. The van der Waals surface area contributed by atoms with Crippen LogP contribution in [0.15, 0.2) is 35.1 Å². The quantitative estimate of drug-likeness (QED) is 0.850. The third-order valence-electron chi connectivity index (χ3n) is 2.66. The molecule has 0 unspecified atom stereocenters. The Balaban J connectivity index is 2.44. The van der Waals surface area contributed by atoms with Crippen LogP contribution in [-0.2, 0) is 6.18 Å². The number of alkyl halides is 3. The van der Waals surface area contributed by atoms with Gasteiger partial charge in [0.15, 0.2) is 0 Å². The van der Waals surface area contributed by atoms with Crippen LogP contribution in [0.3, 0.4) is 0 Å². The number of hydrogen-bond donors (Lipinski definition) is 2. The van der Waals surface area contributed by atoms with Gasteiger partial charge < -0.3 is 11.1 Å². The van der Waals surface area contributed by atoms with E-state index in [1.807, 2.05) is 0 Å². The van der Waals surface area contributed by atoms with E-state index in [0.717, 1.165) is 12.1 Å². The van der Waals surface area contributed by atoms with Gasteiger partial charge in [-0.2, -0.15) is 18.4 Å². The Labute approximate surface area is 126 Å². The molecule has 0 atom stereocenters. The van der Waals surface area contributed by atoms with Crippen molar-refractivity contribution in [2.75, 3.05) is 11.1 Å². The van der Waals surface area contributed by atoms with E-state index in [9.17, 15) is 13.2 Å². The molecular weight excluding hydrogens is 349 g/mol. The van der Waals surface area contributed by atoms with Crippen molar-refractivity contribution in [3.63, 3.8) is 0 Å². The van der Waals surface area contributed by atoms with E-state index in [0.29, 0.717) is 15.8 Å². The van der Waals surface area contributed by atoms with Crippen LogP contribution in [0.5, 0.6) is 0 Å². The lowest BCUT2D eigenvalue weighted by atomic mass is 10.1. The molecule has 0 aliphatic rings. The predicted octanol–water partition coefficient (Wildman–Crippen LogP) is 4.06.